The molecule has 2 fully saturated rings. The third-order valence-corrected chi connectivity index (χ3v) is 5.14. The summed E-state index contributed by atoms with van der Waals surface area (Å²) in [4.78, 5) is 14.6. The summed E-state index contributed by atoms with van der Waals surface area (Å²) < 4.78 is 13.3. The van der Waals surface area contributed by atoms with Crippen LogP contribution >= 0.6 is 0 Å². The number of anilines is 3. The average molecular weight is 334 g/mol. The van der Waals surface area contributed by atoms with Crippen LogP contribution in [-0.2, 0) is 0 Å². The summed E-state index contributed by atoms with van der Waals surface area (Å²) in [5.74, 6) is 0.451. The van der Waals surface area contributed by atoms with Crippen LogP contribution in [0.1, 0.15) is 42.5 Å². The fourth-order valence-electron chi connectivity index (χ4n) is 3.61. The van der Waals surface area contributed by atoms with Gasteiger partial charge in [0.1, 0.15) is 6.17 Å². The van der Waals surface area contributed by atoms with Crippen molar-refractivity contribution in [1.29, 1.82) is 0 Å². The van der Waals surface area contributed by atoms with Gasteiger partial charge in [-0.15, -0.1) is 0 Å². The Morgan fingerprint density at radius 1 is 1.29 bits per heavy atom. The molecule has 1 amide bonds. The summed E-state index contributed by atoms with van der Waals surface area (Å²) in [5, 5.41) is 6.08. The zero-order chi connectivity index (χ0) is 17.1. The van der Waals surface area contributed by atoms with E-state index in [0.717, 1.165) is 11.4 Å². The Labute approximate surface area is 142 Å². The molecular formula is C18H27FN4O. The van der Waals surface area contributed by atoms with Crippen molar-refractivity contribution in [2.45, 2.75) is 38.3 Å². The molecule has 0 radical (unpaired) electrons. The number of carbonyl (C=O) groups excluding carboxylic acids is 1. The van der Waals surface area contributed by atoms with Crippen molar-refractivity contribution in [3.63, 3.8) is 0 Å². The third-order valence-electron chi connectivity index (χ3n) is 5.14. The summed E-state index contributed by atoms with van der Waals surface area (Å²) in [6.07, 6.45) is 5.35. The second-order valence-electron chi connectivity index (χ2n) is 6.92. The van der Waals surface area contributed by atoms with E-state index in [4.69, 9.17) is 5.73 Å². The number of benzene rings is 1. The van der Waals surface area contributed by atoms with Crippen LogP contribution in [0.2, 0.25) is 0 Å². The van der Waals surface area contributed by atoms with E-state index in [-0.39, 0.29) is 5.91 Å². The molecule has 6 heteroatoms. The zero-order valence-corrected chi connectivity index (χ0v) is 14.3. The van der Waals surface area contributed by atoms with E-state index >= 15 is 0 Å². The van der Waals surface area contributed by atoms with E-state index in [1.165, 1.54) is 32.1 Å². The second-order valence-corrected chi connectivity index (χ2v) is 6.92. The molecule has 1 saturated carbocycles. The van der Waals surface area contributed by atoms with Gasteiger partial charge in [-0.1, -0.05) is 19.3 Å². The van der Waals surface area contributed by atoms with E-state index in [9.17, 15) is 9.18 Å². The van der Waals surface area contributed by atoms with E-state index < -0.39 is 6.17 Å². The minimum Gasteiger partial charge on any atom is -0.397 e. The number of amides is 1. The van der Waals surface area contributed by atoms with Gasteiger partial charge in [-0.2, -0.15) is 0 Å². The van der Waals surface area contributed by atoms with E-state index in [1.807, 2.05) is 11.0 Å². The summed E-state index contributed by atoms with van der Waals surface area (Å²) >= 11 is 0. The molecule has 132 valence electrons. The van der Waals surface area contributed by atoms with Crippen LogP contribution in [0.15, 0.2) is 12.1 Å². The minimum atomic E-state index is -0.821. The number of nitrogen functional groups attached to an aromatic ring is 1. The Kier molecular flexibility index (Phi) is 5.11. The highest BCUT2D eigenvalue weighted by molar-refractivity contribution is 6.02. The number of halogens is 1. The van der Waals surface area contributed by atoms with Crippen molar-refractivity contribution in [3.05, 3.63) is 17.7 Å². The first kappa shape index (κ1) is 16.9. The van der Waals surface area contributed by atoms with Gasteiger partial charge in [0.05, 0.1) is 35.7 Å². The topological polar surface area (TPSA) is 70.4 Å². The summed E-state index contributed by atoms with van der Waals surface area (Å²) in [7, 11) is 1.78. The first-order valence-electron chi connectivity index (χ1n) is 8.87. The molecule has 1 aliphatic carbocycles. The van der Waals surface area contributed by atoms with Crippen molar-refractivity contribution in [3.8, 4) is 0 Å². The highest BCUT2D eigenvalue weighted by atomic mass is 19.1. The largest absolute Gasteiger partial charge is 0.397 e. The number of carbonyl (C=O) groups is 1. The van der Waals surface area contributed by atoms with Gasteiger partial charge in [0.25, 0.3) is 5.91 Å². The molecule has 5 nitrogen and oxygen atoms in total. The fourth-order valence-corrected chi connectivity index (χ4v) is 3.61. The van der Waals surface area contributed by atoms with Crippen molar-refractivity contribution >= 4 is 23.0 Å². The number of rotatable bonds is 5. The molecule has 2 aliphatic rings. The van der Waals surface area contributed by atoms with Crippen molar-refractivity contribution in [1.82, 2.24) is 5.32 Å². The smallest absolute Gasteiger partial charge is 0.253 e. The lowest BCUT2D eigenvalue weighted by Gasteiger charge is -2.37. The predicted octanol–water partition coefficient (Wildman–Crippen LogP) is 2.78. The maximum absolute atomic E-state index is 13.3. The van der Waals surface area contributed by atoms with Crippen LogP contribution in [0, 0.1) is 5.92 Å². The Morgan fingerprint density at radius 3 is 2.62 bits per heavy atom. The number of nitrogens with two attached hydrogens (primary N) is 1. The van der Waals surface area contributed by atoms with Gasteiger partial charge in [-0.05, 0) is 30.9 Å². The maximum atomic E-state index is 13.3. The summed E-state index contributed by atoms with van der Waals surface area (Å²) in [6, 6.07) is 3.54. The number of nitrogens with one attached hydrogen (secondary N) is 2. The van der Waals surface area contributed by atoms with Gasteiger partial charge in [0.15, 0.2) is 0 Å². The van der Waals surface area contributed by atoms with Crippen LogP contribution in [0.3, 0.4) is 0 Å². The summed E-state index contributed by atoms with van der Waals surface area (Å²) in [5.41, 5.74) is 8.61. The normalized spacial score (nSPS) is 19.0. The van der Waals surface area contributed by atoms with E-state index in [1.54, 1.807) is 13.1 Å². The third kappa shape index (κ3) is 3.57. The monoisotopic (exact) mass is 334 g/mol. The molecule has 0 aromatic heterocycles. The van der Waals surface area contributed by atoms with Crippen LogP contribution < -0.4 is 21.3 Å². The molecule has 0 unspecified atom stereocenters. The summed E-state index contributed by atoms with van der Waals surface area (Å²) in [6.45, 7) is 1.36. The lowest BCUT2D eigenvalue weighted by Crippen LogP contribution is -2.49. The molecule has 1 aliphatic heterocycles. The molecule has 24 heavy (non-hydrogen) atoms. The molecule has 4 N–H and O–H groups in total. The van der Waals surface area contributed by atoms with Crippen LogP contribution in [0.4, 0.5) is 21.5 Å². The van der Waals surface area contributed by atoms with Crippen LogP contribution in [0.25, 0.3) is 0 Å². The van der Waals surface area contributed by atoms with Crippen molar-refractivity contribution < 1.29 is 9.18 Å². The predicted molar refractivity (Wildman–Crippen MR) is 96.4 cm³/mol. The van der Waals surface area contributed by atoms with Crippen LogP contribution in [0.5, 0.6) is 0 Å². The Morgan fingerprint density at radius 2 is 2.00 bits per heavy atom. The molecule has 1 aromatic rings. The molecule has 0 spiro atoms. The molecule has 1 saturated heterocycles. The molecular weight excluding hydrogens is 307 g/mol. The number of hydrogen-bond acceptors (Lipinski definition) is 4. The van der Waals surface area contributed by atoms with Crippen molar-refractivity contribution in [2.75, 3.05) is 42.6 Å². The molecule has 0 bridgehead atoms. The van der Waals surface area contributed by atoms with E-state index in [2.05, 4.69) is 10.6 Å². The van der Waals surface area contributed by atoms with Gasteiger partial charge in [-0.25, -0.2) is 4.39 Å². The lowest BCUT2D eigenvalue weighted by atomic mass is 9.89. The Hall–Kier alpha value is -1.98. The molecule has 1 heterocycles. The average Bonchev–Trinajstić information content (AvgIpc) is 2.58. The number of hydrogen-bond donors (Lipinski definition) is 3. The standard InChI is InChI=1S/C18H27FN4O/c1-21-16-8-17(23-10-13(19)11-23)14(7-15(16)20)18(24)22-9-12-5-3-2-4-6-12/h7-8,12-13,21H,2-6,9-11,20H2,1H3,(H,22,24). The zero-order valence-electron chi connectivity index (χ0n) is 14.3. The minimum absolute atomic E-state index is 0.118. The Bertz CT molecular complexity index is 595. The first-order valence-corrected chi connectivity index (χ1v) is 8.87. The van der Waals surface area contributed by atoms with E-state index in [0.29, 0.717) is 36.8 Å². The van der Waals surface area contributed by atoms with Gasteiger partial charge in [0.2, 0.25) is 0 Å². The highest BCUT2D eigenvalue weighted by Crippen LogP contribution is 2.33. The van der Waals surface area contributed by atoms with Crippen molar-refractivity contribution in [2.24, 2.45) is 5.92 Å². The lowest BCUT2D eigenvalue weighted by molar-refractivity contribution is 0.0943. The first-order chi connectivity index (χ1) is 11.6. The molecule has 3 rings (SSSR count). The van der Waals surface area contributed by atoms with Crippen LogP contribution in [-0.4, -0.2) is 38.8 Å². The Balaban J connectivity index is 1.74. The SMILES string of the molecule is CNc1cc(N2CC(F)C2)c(C(=O)NCC2CCCCC2)cc1N. The van der Waals surface area contributed by atoms with Gasteiger partial charge < -0.3 is 21.3 Å². The molecule has 0 atom stereocenters. The van der Waals surface area contributed by atoms with Gasteiger partial charge >= 0.3 is 0 Å². The second kappa shape index (κ2) is 7.28. The maximum Gasteiger partial charge on any atom is 0.253 e. The highest BCUT2D eigenvalue weighted by Gasteiger charge is 2.30. The number of nitrogens with zero attached hydrogens (tertiary/aromatic N) is 1. The quantitative estimate of drug-likeness (QED) is 0.724. The number of alkyl halides is 1. The fraction of sp³-hybridized carbons (Fsp3) is 0.611. The van der Waals surface area contributed by atoms with Gasteiger partial charge in [0, 0.05) is 13.6 Å². The van der Waals surface area contributed by atoms with Gasteiger partial charge in [-0.3, -0.25) is 4.79 Å². The molecule has 1 aromatic carbocycles.